The van der Waals surface area contributed by atoms with Crippen LogP contribution in [0.15, 0.2) is 18.3 Å². The highest BCUT2D eigenvalue weighted by molar-refractivity contribution is 7.08. The number of halogens is 3. The molecule has 0 aromatic carbocycles. The molecular weight excluding hydrogens is 281 g/mol. The molecule has 0 spiro atoms. The van der Waals surface area contributed by atoms with Gasteiger partial charge in [-0.15, -0.1) is 0 Å². The fraction of sp³-hybridized carbons (Fsp3) is 0.182. The molecule has 8 heteroatoms. The number of rotatable bonds is 2. The third kappa shape index (κ3) is 2.43. The standard InChI is InChI=1S/C11H7F3N2O2S/c1-5-3-2-4-15-7(5)8-6(11(12,13)14)9(10(17)18)19-16-8/h2-4H,1H3,(H,17,18). The first-order valence-electron chi connectivity index (χ1n) is 5.04. The number of carboxylic acids is 1. The molecule has 100 valence electrons. The SMILES string of the molecule is Cc1cccnc1-c1nsc(C(=O)O)c1C(F)(F)F. The van der Waals surface area contributed by atoms with Gasteiger partial charge in [0.1, 0.15) is 16.1 Å². The molecular formula is C11H7F3N2O2S. The van der Waals surface area contributed by atoms with Gasteiger partial charge in [0.15, 0.2) is 0 Å². The quantitative estimate of drug-likeness (QED) is 0.921. The van der Waals surface area contributed by atoms with Gasteiger partial charge in [-0.2, -0.15) is 17.5 Å². The van der Waals surface area contributed by atoms with Crippen LogP contribution in [-0.2, 0) is 6.18 Å². The number of hydrogen-bond donors (Lipinski definition) is 1. The maximum Gasteiger partial charge on any atom is 0.420 e. The second-order valence-electron chi connectivity index (χ2n) is 3.71. The van der Waals surface area contributed by atoms with E-state index in [-0.39, 0.29) is 5.69 Å². The Morgan fingerprint density at radius 3 is 2.58 bits per heavy atom. The van der Waals surface area contributed by atoms with Crippen molar-refractivity contribution in [2.24, 2.45) is 0 Å². The molecule has 2 rings (SSSR count). The molecule has 4 nitrogen and oxygen atoms in total. The number of carbonyl (C=O) groups is 1. The van der Waals surface area contributed by atoms with E-state index >= 15 is 0 Å². The van der Waals surface area contributed by atoms with Crippen LogP contribution in [0, 0.1) is 6.92 Å². The Kier molecular flexibility index (Phi) is 3.27. The molecule has 0 saturated heterocycles. The lowest BCUT2D eigenvalue weighted by atomic mass is 10.1. The lowest BCUT2D eigenvalue weighted by Crippen LogP contribution is -2.11. The third-order valence-electron chi connectivity index (χ3n) is 2.40. The van der Waals surface area contributed by atoms with Crippen molar-refractivity contribution in [1.29, 1.82) is 0 Å². The van der Waals surface area contributed by atoms with Crippen LogP contribution in [0.3, 0.4) is 0 Å². The summed E-state index contributed by atoms with van der Waals surface area (Å²) in [5.41, 5.74) is -1.14. The van der Waals surface area contributed by atoms with Crippen LogP contribution >= 0.6 is 11.5 Å². The van der Waals surface area contributed by atoms with Gasteiger partial charge in [-0.3, -0.25) is 4.98 Å². The monoisotopic (exact) mass is 288 g/mol. The summed E-state index contributed by atoms with van der Waals surface area (Å²) in [7, 11) is 0. The van der Waals surface area contributed by atoms with Crippen molar-refractivity contribution in [3.63, 3.8) is 0 Å². The van der Waals surface area contributed by atoms with Crippen LogP contribution in [0.2, 0.25) is 0 Å². The second-order valence-corrected chi connectivity index (χ2v) is 4.48. The third-order valence-corrected chi connectivity index (χ3v) is 3.24. The maximum atomic E-state index is 13.0. The molecule has 2 aromatic heterocycles. The largest absolute Gasteiger partial charge is 0.477 e. The van der Waals surface area contributed by atoms with Gasteiger partial charge in [0.2, 0.25) is 0 Å². The topological polar surface area (TPSA) is 63.1 Å². The number of aromatic nitrogens is 2. The van der Waals surface area contributed by atoms with Crippen molar-refractivity contribution in [1.82, 2.24) is 9.36 Å². The number of nitrogens with zero attached hydrogens (tertiary/aromatic N) is 2. The number of aryl methyl sites for hydroxylation is 1. The summed E-state index contributed by atoms with van der Waals surface area (Å²) in [5, 5.41) is 8.81. The maximum absolute atomic E-state index is 13.0. The van der Waals surface area contributed by atoms with E-state index in [2.05, 4.69) is 9.36 Å². The zero-order valence-electron chi connectivity index (χ0n) is 9.52. The van der Waals surface area contributed by atoms with Gasteiger partial charge < -0.3 is 5.11 Å². The Morgan fingerprint density at radius 2 is 2.05 bits per heavy atom. The van der Waals surface area contributed by atoms with Crippen LogP contribution in [0.25, 0.3) is 11.4 Å². The molecule has 0 aliphatic heterocycles. The zero-order chi connectivity index (χ0) is 14.2. The van der Waals surface area contributed by atoms with Crippen LogP contribution in [0.5, 0.6) is 0 Å². The van der Waals surface area contributed by atoms with Gasteiger partial charge in [-0.25, -0.2) is 4.79 Å². The fourth-order valence-corrected chi connectivity index (χ4v) is 2.34. The highest BCUT2D eigenvalue weighted by Gasteiger charge is 2.41. The Hall–Kier alpha value is -1.96. The molecule has 0 atom stereocenters. The minimum Gasteiger partial charge on any atom is -0.477 e. The van der Waals surface area contributed by atoms with E-state index in [1.54, 1.807) is 19.1 Å². The molecule has 0 aliphatic carbocycles. The average Bonchev–Trinajstić information content (AvgIpc) is 2.73. The van der Waals surface area contributed by atoms with Gasteiger partial charge >= 0.3 is 12.1 Å². The molecule has 2 heterocycles. The Bertz CT molecular complexity index is 637. The highest BCUT2D eigenvalue weighted by Crippen LogP contribution is 2.40. The molecule has 0 bridgehead atoms. The first kappa shape index (κ1) is 13.5. The number of pyridine rings is 1. The highest BCUT2D eigenvalue weighted by atomic mass is 32.1. The number of carboxylic acid groups (broad SMARTS) is 1. The molecule has 1 N–H and O–H groups in total. The minimum absolute atomic E-state index is 0.0403. The summed E-state index contributed by atoms with van der Waals surface area (Å²) in [5.74, 6) is -1.65. The molecule has 19 heavy (non-hydrogen) atoms. The summed E-state index contributed by atoms with van der Waals surface area (Å²) in [4.78, 5) is 13.9. The van der Waals surface area contributed by atoms with Gasteiger partial charge in [0.25, 0.3) is 0 Å². The van der Waals surface area contributed by atoms with Gasteiger partial charge in [0, 0.05) is 6.20 Å². The van der Waals surface area contributed by atoms with E-state index in [9.17, 15) is 18.0 Å². The van der Waals surface area contributed by atoms with Crippen LogP contribution in [0.4, 0.5) is 13.2 Å². The van der Waals surface area contributed by atoms with E-state index in [0.717, 1.165) is 0 Å². The van der Waals surface area contributed by atoms with Crippen molar-refractivity contribution < 1.29 is 23.1 Å². The summed E-state index contributed by atoms with van der Waals surface area (Å²) < 4.78 is 42.6. The zero-order valence-corrected chi connectivity index (χ0v) is 10.3. The molecule has 0 fully saturated rings. The van der Waals surface area contributed by atoms with E-state index in [1.165, 1.54) is 6.20 Å². The Balaban J connectivity index is 2.73. The summed E-state index contributed by atoms with van der Waals surface area (Å²) >= 11 is 0.305. The predicted molar refractivity (Wildman–Crippen MR) is 62.0 cm³/mol. The number of aromatic carboxylic acids is 1. The van der Waals surface area contributed by atoms with Crippen molar-refractivity contribution >= 4 is 17.5 Å². The minimum atomic E-state index is -4.79. The summed E-state index contributed by atoms with van der Waals surface area (Å²) in [6, 6.07) is 3.17. The first-order chi connectivity index (χ1) is 8.82. The molecule has 2 aromatic rings. The summed E-state index contributed by atoms with van der Waals surface area (Å²) in [6.07, 6.45) is -3.46. The lowest BCUT2D eigenvalue weighted by molar-refractivity contribution is -0.137. The van der Waals surface area contributed by atoms with Crippen LogP contribution < -0.4 is 0 Å². The molecule has 0 saturated carbocycles. The van der Waals surface area contributed by atoms with E-state index < -0.39 is 28.3 Å². The predicted octanol–water partition coefficient (Wildman–Crippen LogP) is 3.23. The van der Waals surface area contributed by atoms with Gasteiger partial charge in [-0.1, -0.05) is 6.07 Å². The average molecular weight is 288 g/mol. The Morgan fingerprint density at radius 1 is 1.37 bits per heavy atom. The summed E-state index contributed by atoms with van der Waals surface area (Å²) in [6.45, 7) is 1.59. The van der Waals surface area contributed by atoms with Crippen molar-refractivity contribution in [2.45, 2.75) is 13.1 Å². The van der Waals surface area contributed by atoms with Crippen LogP contribution in [-0.4, -0.2) is 20.4 Å². The van der Waals surface area contributed by atoms with Gasteiger partial charge in [-0.05, 0) is 30.1 Å². The normalized spacial score (nSPS) is 11.6. The van der Waals surface area contributed by atoms with Crippen molar-refractivity contribution in [2.75, 3.05) is 0 Å². The first-order valence-corrected chi connectivity index (χ1v) is 5.82. The molecule has 0 amide bonds. The second kappa shape index (κ2) is 4.61. The lowest BCUT2D eigenvalue weighted by Gasteiger charge is -2.09. The van der Waals surface area contributed by atoms with E-state index in [0.29, 0.717) is 17.1 Å². The van der Waals surface area contributed by atoms with Crippen molar-refractivity contribution in [3.8, 4) is 11.4 Å². The molecule has 0 aliphatic rings. The smallest absolute Gasteiger partial charge is 0.420 e. The Labute approximate surface area is 109 Å². The van der Waals surface area contributed by atoms with Crippen molar-refractivity contribution in [3.05, 3.63) is 34.3 Å². The van der Waals surface area contributed by atoms with E-state index in [1.807, 2.05) is 0 Å². The number of hydrogen-bond acceptors (Lipinski definition) is 4. The fourth-order valence-electron chi connectivity index (χ4n) is 1.59. The van der Waals surface area contributed by atoms with E-state index in [4.69, 9.17) is 5.11 Å². The number of alkyl halides is 3. The van der Waals surface area contributed by atoms with Gasteiger partial charge in [0.05, 0.1) is 5.69 Å². The molecule has 0 unspecified atom stereocenters. The molecule has 0 radical (unpaired) electrons. The van der Waals surface area contributed by atoms with Crippen LogP contribution in [0.1, 0.15) is 20.8 Å².